The minimum Gasteiger partial charge on any atom is -0.330 e. The van der Waals surface area contributed by atoms with Crippen LogP contribution in [-0.4, -0.2) is 28.8 Å². The van der Waals surface area contributed by atoms with E-state index in [-0.39, 0.29) is 29.8 Å². The van der Waals surface area contributed by atoms with Gasteiger partial charge in [0.1, 0.15) is 0 Å². The molecule has 0 saturated heterocycles. The van der Waals surface area contributed by atoms with Gasteiger partial charge in [-0.25, -0.2) is 0 Å². The van der Waals surface area contributed by atoms with Crippen molar-refractivity contribution in [3.63, 3.8) is 0 Å². The van der Waals surface area contributed by atoms with E-state index in [1.54, 1.807) is 0 Å². The maximum Gasteiger partial charge on any atom is 0.254 e. The lowest BCUT2D eigenvalue weighted by atomic mass is 9.85. The molecule has 2 aliphatic rings. The van der Waals surface area contributed by atoms with E-state index in [9.17, 15) is 9.59 Å². The summed E-state index contributed by atoms with van der Waals surface area (Å²) >= 11 is 0. The predicted molar refractivity (Wildman–Crippen MR) is 119 cm³/mol. The minimum absolute atomic E-state index is 0.00656. The molecule has 0 heterocycles. The van der Waals surface area contributed by atoms with Crippen LogP contribution >= 0.6 is 0 Å². The summed E-state index contributed by atoms with van der Waals surface area (Å²) in [7, 11) is 0. The summed E-state index contributed by atoms with van der Waals surface area (Å²) in [6.07, 6.45) is 7.17. The Kier molecular flexibility index (Phi) is 6.48. The number of benzene rings is 2. The van der Waals surface area contributed by atoms with Crippen molar-refractivity contribution in [2.75, 3.05) is 5.32 Å². The van der Waals surface area contributed by atoms with Crippen LogP contribution in [0.25, 0.3) is 0 Å². The van der Waals surface area contributed by atoms with Crippen LogP contribution in [0.4, 0.5) is 5.69 Å². The molecular formula is C25H31N3O2. The van der Waals surface area contributed by atoms with Crippen LogP contribution < -0.4 is 11.1 Å². The van der Waals surface area contributed by atoms with Crippen LogP contribution in [0, 0.1) is 5.92 Å². The highest BCUT2D eigenvalue weighted by Crippen LogP contribution is 2.28. The normalized spacial score (nSPS) is 21.5. The molecule has 3 N–H and O–H groups in total. The highest BCUT2D eigenvalue weighted by molar-refractivity contribution is 5.95. The number of nitrogens with zero attached hydrogens (tertiary/aromatic N) is 1. The van der Waals surface area contributed by atoms with Crippen molar-refractivity contribution in [1.29, 1.82) is 0 Å². The molecule has 2 aromatic carbocycles. The van der Waals surface area contributed by atoms with Crippen molar-refractivity contribution in [1.82, 2.24) is 4.90 Å². The van der Waals surface area contributed by atoms with E-state index in [2.05, 4.69) is 5.32 Å². The first-order valence-electron chi connectivity index (χ1n) is 11.1. The molecule has 2 aliphatic carbocycles. The Balaban J connectivity index is 1.54. The SMILES string of the molecule is NC1CCCCC1N(Cc1cccc(NC(=O)C2CCC2)c1)C(=O)c1ccccc1. The first-order valence-corrected chi connectivity index (χ1v) is 11.1. The van der Waals surface area contributed by atoms with E-state index in [1.165, 1.54) is 0 Å². The van der Waals surface area contributed by atoms with Crippen LogP contribution in [0.1, 0.15) is 60.9 Å². The fourth-order valence-electron chi connectivity index (χ4n) is 4.47. The molecule has 30 heavy (non-hydrogen) atoms. The van der Waals surface area contributed by atoms with E-state index in [1.807, 2.05) is 59.5 Å². The Morgan fingerprint density at radius 2 is 1.70 bits per heavy atom. The monoisotopic (exact) mass is 405 g/mol. The van der Waals surface area contributed by atoms with Crippen LogP contribution in [0.3, 0.4) is 0 Å². The average molecular weight is 406 g/mol. The fourth-order valence-corrected chi connectivity index (χ4v) is 4.47. The van der Waals surface area contributed by atoms with Gasteiger partial charge in [-0.2, -0.15) is 0 Å². The zero-order chi connectivity index (χ0) is 20.9. The Morgan fingerprint density at radius 1 is 0.933 bits per heavy atom. The van der Waals surface area contributed by atoms with Crippen molar-refractivity contribution in [3.8, 4) is 0 Å². The molecule has 2 aromatic rings. The Hall–Kier alpha value is -2.66. The minimum atomic E-state index is -0.00656. The molecule has 0 aliphatic heterocycles. The number of hydrogen-bond acceptors (Lipinski definition) is 3. The van der Waals surface area contributed by atoms with Gasteiger partial charge in [0.15, 0.2) is 0 Å². The lowest BCUT2D eigenvalue weighted by molar-refractivity contribution is -0.122. The van der Waals surface area contributed by atoms with Gasteiger partial charge in [-0.1, -0.05) is 49.6 Å². The second kappa shape index (κ2) is 9.43. The van der Waals surface area contributed by atoms with Crippen molar-refractivity contribution >= 4 is 17.5 Å². The molecule has 2 atom stereocenters. The van der Waals surface area contributed by atoms with Gasteiger partial charge in [-0.15, -0.1) is 0 Å². The predicted octanol–water partition coefficient (Wildman–Crippen LogP) is 4.34. The summed E-state index contributed by atoms with van der Waals surface area (Å²) < 4.78 is 0. The van der Waals surface area contributed by atoms with Gasteiger partial charge < -0.3 is 16.0 Å². The molecule has 5 heteroatoms. The number of carbonyl (C=O) groups is 2. The van der Waals surface area contributed by atoms with Crippen LogP contribution in [-0.2, 0) is 11.3 Å². The van der Waals surface area contributed by atoms with Gasteiger partial charge in [0.2, 0.25) is 5.91 Å². The molecule has 4 rings (SSSR count). The molecule has 0 aromatic heterocycles. The highest BCUT2D eigenvalue weighted by atomic mass is 16.2. The van der Waals surface area contributed by atoms with Crippen molar-refractivity contribution in [2.24, 2.45) is 11.7 Å². The maximum atomic E-state index is 13.4. The zero-order valence-electron chi connectivity index (χ0n) is 17.4. The lowest BCUT2D eigenvalue weighted by Crippen LogP contribution is -2.51. The summed E-state index contributed by atoms with van der Waals surface area (Å²) in [6, 6.07) is 17.3. The quantitative estimate of drug-likeness (QED) is 0.751. The van der Waals surface area contributed by atoms with Crippen LogP contribution in [0.15, 0.2) is 54.6 Å². The van der Waals surface area contributed by atoms with E-state index in [4.69, 9.17) is 5.73 Å². The summed E-state index contributed by atoms with van der Waals surface area (Å²) in [5, 5.41) is 3.04. The van der Waals surface area contributed by atoms with E-state index in [0.29, 0.717) is 12.1 Å². The molecule has 2 saturated carbocycles. The smallest absolute Gasteiger partial charge is 0.254 e. The van der Waals surface area contributed by atoms with Gasteiger partial charge in [0, 0.05) is 35.8 Å². The van der Waals surface area contributed by atoms with E-state index >= 15 is 0 Å². The molecule has 0 spiro atoms. The number of hydrogen-bond donors (Lipinski definition) is 2. The Bertz CT molecular complexity index is 879. The third-order valence-corrected chi connectivity index (χ3v) is 6.49. The van der Waals surface area contributed by atoms with Gasteiger partial charge in [-0.05, 0) is 55.5 Å². The summed E-state index contributed by atoms with van der Waals surface area (Å²) in [6.45, 7) is 0.485. The molecule has 2 unspecified atom stereocenters. The van der Waals surface area contributed by atoms with Crippen molar-refractivity contribution in [2.45, 2.75) is 63.6 Å². The average Bonchev–Trinajstić information content (AvgIpc) is 2.72. The summed E-state index contributed by atoms with van der Waals surface area (Å²) in [5.41, 5.74) is 8.93. The first-order chi connectivity index (χ1) is 14.6. The van der Waals surface area contributed by atoms with Crippen molar-refractivity contribution in [3.05, 3.63) is 65.7 Å². The Morgan fingerprint density at radius 3 is 2.40 bits per heavy atom. The summed E-state index contributed by atoms with van der Waals surface area (Å²) in [5.74, 6) is 0.261. The number of nitrogens with two attached hydrogens (primary N) is 1. The third-order valence-electron chi connectivity index (χ3n) is 6.49. The van der Waals surface area contributed by atoms with Crippen molar-refractivity contribution < 1.29 is 9.59 Å². The molecule has 0 radical (unpaired) electrons. The second-order valence-electron chi connectivity index (χ2n) is 8.63. The molecule has 2 fully saturated rings. The van der Waals surface area contributed by atoms with Crippen LogP contribution in [0.5, 0.6) is 0 Å². The standard InChI is InChI=1S/C25H31N3O2/c26-22-14-4-5-15-23(22)28(25(30)20-9-2-1-3-10-20)17-18-8-6-13-21(16-18)27-24(29)19-11-7-12-19/h1-3,6,8-10,13,16,19,22-23H,4-5,7,11-12,14-15,17,26H2,(H,27,29). The molecule has 0 bridgehead atoms. The number of carbonyl (C=O) groups excluding carboxylic acids is 2. The summed E-state index contributed by atoms with van der Waals surface area (Å²) in [4.78, 5) is 27.6. The van der Waals surface area contributed by atoms with Gasteiger partial charge in [0.05, 0.1) is 0 Å². The van der Waals surface area contributed by atoms with Gasteiger partial charge in [0.25, 0.3) is 5.91 Å². The molecule has 5 nitrogen and oxygen atoms in total. The zero-order valence-corrected chi connectivity index (χ0v) is 17.4. The van der Waals surface area contributed by atoms with Crippen LogP contribution in [0.2, 0.25) is 0 Å². The van der Waals surface area contributed by atoms with Gasteiger partial charge in [-0.3, -0.25) is 9.59 Å². The molecule has 2 amide bonds. The fraction of sp³-hybridized carbons (Fsp3) is 0.440. The third kappa shape index (κ3) is 4.73. The second-order valence-corrected chi connectivity index (χ2v) is 8.63. The van der Waals surface area contributed by atoms with Gasteiger partial charge >= 0.3 is 0 Å². The number of amides is 2. The van der Waals surface area contributed by atoms with E-state index in [0.717, 1.165) is 56.2 Å². The van der Waals surface area contributed by atoms with E-state index < -0.39 is 0 Å². The molecular weight excluding hydrogens is 374 g/mol. The first kappa shape index (κ1) is 20.6. The largest absolute Gasteiger partial charge is 0.330 e. The Labute approximate surface area is 178 Å². The lowest BCUT2D eigenvalue weighted by Gasteiger charge is -2.38. The molecule has 158 valence electrons. The topological polar surface area (TPSA) is 75.4 Å². The maximum absolute atomic E-state index is 13.4. The number of rotatable bonds is 6. The number of anilines is 1. The number of nitrogens with one attached hydrogen (secondary N) is 1. The highest BCUT2D eigenvalue weighted by Gasteiger charge is 2.31.